The number of aromatic nitrogens is 2. The molecule has 2 aromatic rings. The van der Waals surface area contributed by atoms with Gasteiger partial charge in [-0.1, -0.05) is 0 Å². The van der Waals surface area contributed by atoms with Crippen molar-refractivity contribution in [2.45, 2.75) is 0 Å². The molecule has 1 aromatic carbocycles. The van der Waals surface area contributed by atoms with E-state index in [0.29, 0.717) is 4.47 Å². The van der Waals surface area contributed by atoms with Crippen LogP contribution in [0.2, 0.25) is 0 Å². The molecular weight excluding hydrogens is 296 g/mol. The van der Waals surface area contributed by atoms with Crippen LogP contribution in [-0.4, -0.2) is 9.97 Å². The summed E-state index contributed by atoms with van der Waals surface area (Å²) in [5, 5.41) is 0. The zero-order chi connectivity index (χ0) is 12.4. The number of nitrogens with two attached hydrogens (primary N) is 1. The van der Waals surface area contributed by atoms with E-state index in [-0.39, 0.29) is 17.6 Å². The second kappa shape index (κ2) is 4.62. The highest BCUT2D eigenvalue weighted by molar-refractivity contribution is 9.10. The van der Waals surface area contributed by atoms with Crippen LogP contribution < -0.4 is 10.5 Å². The van der Waals surface area contributed by atoms with Crippen LogP contribution in [0.4, 0.5) is 14.7 Å². The summed E-state index contributed by atoms with van der Waals surface area (Å²) in [6.45, 7) is 0. The first-order valence-corrected chi connectivity index (χ1v) is 5.26. The van der Waals surface area contributed by atoms with Gasteiger partial charge in [0.25, 0.3) is 0 Å². The van der Waals surface area contributed by atoms with Gasteiger partial charge in [-0.2, -0.15) is 4.98 Å². The molecule has 0 amide bonds. The molecule has 2 rings (SSSR count). The van der Waals surface area contributed by atoms with Crippen molar-refractivity contribution in [1.29, 1.82) is 0 Å². The molecule has 0 unspecified atom stereocenters. The average Bonchev–Trinajstić information content (AvgIpc) is 2.28. The number of anilines is 1. The maximum absolute atomic E-state index is 13.3. The number of benzene rings is 1. The number of hydrogen-bond acceptors (Lipinski definition) is 4. The van der Waals surface area contributed by atoms with Crippen molar-refractivity contribution < 1.29 is 13.5 Å². The Morgan fingerprint density at radius 3 is 2.82 bits per heavy atom. The van der Waals surface area contributed by atoms with Gasteiger partial charge in [0.1, 0.15) is 5.82 Å². The fraction of sp³-hybridized carbons (Fsp3) is 0. The molecule has 0 saturated carbocycles. The van der Waals surface area contributed by atoms with Crippen molar-refractivity contribution in [2.24, 2.45) is 0 Å². The molecule has 0 fully saturated rings. The first kappa shape index (κ1) is 11.7. The Labute approximate surface area is 104 Å². The number of ether oxygens (including phenoxy) is 1. The van der Waals surface area contributed by atoms with Crippen molar-refractivity contribution in [1.82, 2.24) is 9.97 Å². The second-order valence-electron chi connectivity index (χ2n) is 3.06. The van der Waals surface area contributed by atoms with Gasteiger partial charge in [0.05, 0.1) is 10.7 Å². The molecule has 88 valence electrons. The van der Waals surface area contributed by atoms with Crippen molar-refractivity contribution >= 4 is 21.9 Å². The highest BCUT2D eigenvalue weighted by atomic mass is 79.9. The van der Waals surface area contributed by atoms with Gasteiger partial charge < -0.3 is 10.5 Å². The molecule has 0 bridgehead atoms. The van der Waals surface area contributed by atoms with Crippen LogP contribution in [0, 0.1) is 11.6 Å². The van der Waals surface area contributed by atoms with E-state index in [9.17, 15) is 8.78 Å². The SMILES string of the molecule is Nc1ncc(Br)c(Oc2cc(F)ccc2F)n1. The lowest BCUT2D eigenvalue weighted by Gasteiger charge is -2.07. The lowest BCUT2D eigenvalue weighted by atomic mass is 10.3. The Morgan fingerprint density at radius 2 is 2.06 bits per heavy atom. The monoisotopic (exact) mass is 301 g/mol. The van der Waals surface area contributed by atoms with E-state index in [2.05, 4.69) is 25.9 Å². The van der Waals surface area contributed by atoms with Crippen LogP contribution in [-0.2, 0) is 0 Å². The minimum absolute atomic E-state index is 0.0157. The van der Waals surface area contributed by atoms with Gasteiger partial charge in [-0.05, 0) is 28.1 Å². The lowest BCUT2D eigenvalue weighted by molar-refractivity contribution is 0.420. The van der Waals surface area contributed by atoms with Crippen LogP contribution in [0.15, 0.2) is 28.9 Å². The summed E-state index contributed by atoms with van der Waals surface area (Å²) in [6, 6.07) is 2.87. The molecule has 0 saturated heterocycles. The molecule has 0 aliphatic carbocycles. The molecule has 1 heterocycles. The number of nitrogens with zero attached hydrogens (tertiary/aromatic N) is 2. The third-order valence-electron chi connectivity index (χ3n) is 1.83. The first-order valence-electron chi connectivity index (χ1n) is 4.47. The molecule has 1 aromatic heterocycles. The Morgan fingerprint density at radius 1 is 1.29 bits per heavy atom. The lowest BCUT2D eigenvalue weighted by Crippen LogP contribution is -1.98. The van der Waals surface area contributed by atoms with Crippen LogP contribution in [0.5, 0.6) is 11.6 Å². The fourth-order valence-corrected chi connectivity index (χ4v) is 1.37. The third-order valence-corrected chi connectivity index (χ3v) is 2.37. The van der Waals surface area contributed by atoms with Gasteiger partial charge in [-0.25, -0.2) is 13.8 Å². The molecule has 0 aliphatic rings. The molecule has 0 atom stereocenters. The highest BCUT2D eigenvalue weighted by Crippen LogP contribution is 2.29. The topological polar surface area (TPSA) is 61.0 Å². The standard InChI is InChI=1S/C10H6BrF2N3O/c11-6-4-15-10(14)16-9(6)17-8-3-5(12)1-2-7(8)13/h1-4H,(H2,14,15,16). The maximum atomic E-state index is 13.3. The molecular formula is C10H6BrF2N3O. The smallest absolute Gasteiger partial charge is 0.238 e. The predicted octanol–water partition coefficient (Wildman–Crippen LogP) is 2.89. The summed E-state index contributed by atoms with van der Waals surface area (Å²) in [4.78, 5) is 7.44. The molecule has 17 heavy (non-hydrogen) atoms. The van der Waals surface area contributed by atoms with Gasteiger partial charge >= 0.3 is 0 Å². The number of rotatable bonds is 2. The van der Waals surface area contributed by atoms with Gasteiger partial charge in [0, 0.05) is 6.07 Å². The summed E-state index contributed by atoms with van der Waals surface area (Å²) >= 11 is 3.11. The zero-order valence-corrected chi connectivity index (χ0v) is 9.91. The van der Waals surface area contributed by atoms with Crippen LogP contribution in [0.3, 0.4) is 0 Å². The van der Waals surface area contributed by atoms with E-state index < -0.39 is 11.6 Å². The van der Waals surface area contributed by atoms with E-state index in [1.165, 1.54) is 6.20 Å². The van der Waals surface area contributed by atoms with Crippen molar-refractivity contribution in [3.8, 4) is 11.6 Å². The zero-order valence-electron chi connectivity index (χ0n) is 8.32. The van der Waals surface area contributed by atoms with E-state index in [1.54, 1.807) is 0 Å². The molecule has 0 radical (unpaired) electrons. The van der Waals surface area contributed by atoms with Gasteiger partial charge in [-0.3, -0.25) is 0 Å². The Kier molecular flexibility index (Phi) is 3.19. The van der Waals surface area contributed by atoms with Crippen LogP contribution in [0.25, 0.3) is 0 Å². The predicted molar refractivity (Wildman–Crippen MR) is 60.6 cm³/mol. The van der Waals surface area contributed by atoms with Crippen LogP contribution in [0.1, 0.15) is 0 Å². The van der Waals surface area contributed by atoms with Crippen molar-refractivity contribution in [2.75, 3.05) is 5.73 Å². The molecule has 4 nitrogen and oxygen atoms in total. The number of hydrogen-bond donors (Lipinski definition) is 1. The Balaban J connectivity index is 2.37. The second-order valence-corrected chi connectivity index (χ2v) is 3.91. The summed E-state index contributed by atoms with van der Waals surface area (Å²) in [6.07, 6.45) is 1.36. The largest absolute Gasteiger partial charge is 0.434 e. The molecule has 0 aliphatic heterocycles. The fourth-order valence-electron chi connectivity index (χ4n) is 1.10. The molecule has 0 spiro atoms. The van der Waals surface area contributed by atoms with E-state index in [4.69, 9.17) is 10.5 Å². The molecule has 2 N–H and O–H groups in total. The minimum atomic E-state index is -0.699. The molecule has 7 heteroatoms. The maximum Gasteiger partial charge on any atom is 0.238 e. The van der Waals surface area contributed by atoms with Gasteiger partial charge in [-0.15, -0.1) is 0 Å². The van der Waals surface area contributed by atoms with Gasteiger partial charge in [0.15, 0.2) is 11.6 Å². The van der Waals surface area contributed by atoms with E-state index in [1.807, 2.05) is 0 Å². The van der Waals surface area contributed by atoms with Crippen LogP contribution >= 0.6 is 15.9 Å². The first-order chi connectivity index (χ1) is 8.06. The van der Waals surface area contributed by atoms with Crippen molar-refractivity contribution in [3.05, 3.63) is 40.5 Å². The summed E-state index contributed by atoms with van der Waals surface area (Å²) in [7, 11) is 0. The van der Waals surface area contributed by atoms with E-state index in [0.717, 1.165) is 18.2 Å². The summed E-state index contributed by atoms with van der Waals surface area (Å²) < 4.78 is 31.7. The highest BCUT2D eigenvalue weighted by Gasteiger charge is 2.10. The van der Waals surface area contributed by atoms with E-state index >= 15 is 0 Å². The normalized spacial score (nSPS) is 10.3. The number of nitrogen functional groups attached to an aromatic ring is 1. The summed E-state index contributed by atoms with van der Waals surface area (Å²) in [5.74, 6) is -1.60. The summed E-state index contributed by atoms with van der Waals surface area (Å²) in [5.41, 5.74) is 5.36. The number of halogens is 3. The Hall–Kier alpha value is -1.76. The quantitative estimate of drug-likeness (QED) is 0.926. The Bertz CT molecular complexity index is 516. The van der Waals surface area contributed by atoms with Gasteiger partial charge in [0.2, 0.25) is 11.8 Å². The average molecular weight is 302 g/mol. The third kappa shape index (κ3) is 2.68. The minimum Gasteiger partial charge on any atom is -0.434 e. The van der Waals surface area contributed by atoms with Crippen molar-refractivity contribution in [3.63, 3.8) is 0 Å².